The first-order valence-electron chi connectivity index (χ1n) is 7.80. The van der Waals surface area contributed by atoms with Gasteiger partial charge in [0.25, 0.3) is 5.69 Å². The van der Waals surface area contributed by atoms with Gasteiger partial charge in [-0.1, -0.05) is 23.9 Å². The Bertz CT molecular complexity index is 1040. The summed E-state index contributed by atoms with van der Waals surface area (Å²) in [4.78, 5) is 33.7. The minimum atomic E-state index is -0.570. The Labute approximate surface area is 162 Å². The average molecular weight is 399 g/mol. The Morgan fingerprint density at radius 1 is 1.18 bits per heavy atom. The number of carbonyl (C=O) groups excluding carboxylic acids is 2. The molecule has 0 saturated heterocycles. The van der Waals surface area contributed by atoms with Crippen molar-refractivity contribution in [1.82, 2.24) is 20.2 Å². The Kier molecular flexibility index (Phi) is 5.60. The maximum Gasteiger partial charge on any atom is 0.292 e. The lowest BCUT2D eigenvalue weighted by Gasteiger charge is -2.06. The number of nitrogens with one attached hydrogen (secondary N) is 1. The van der Waals surface area contributed by atoms with Crippen LogP contribution in [0.5, 0.6) is 0 Å². The average Bonchev–Trinajstić information content (AvgIpc) is 3.15. The Morgan fingerprint density at radius 2 is 1.89 bits per heavy atom. The van der Waals surface area contributed by atoms with Gasteiger partial charge < -0.3 is 11.1 Å². The second-order valence-corrected chi connectivity index (χ2v) is 6.34. The van der Waals surface area contributed by atoms with Gasteiger partial charge in [0.2, 0.25) is 17.0 Å². The number of primary amides is 1. The molecule has 0 fully saturated rings. The van der Waals surface area contributed by atoms with Crippen LogP contribution >= 0.6 is 11.8 Å². The molecule has 0 aliphatic rings. The van der Waals surface area contributed by atoms with E-state index in [-0.39, 0.29) is 17.1 Å². The zero-order valence-corrected chi connectivity index (χ0v) is 15.0. The molecule has 2 amide bonds. The molecule has 3 rings (SSSR count). The van der Waals surface area contributed by atoms with E-state index in [0.29, 0.717) is 16.4 Å². The molecule has 28 heavy (non-hydrogen) atoms. The molecule has 3 aromatic rings. The molecule has 2 aromatic carbocycles. The summed E-state index contributed by atoms with van der Waals surface area (Å²) >= 11 is 1.05. The fraction of sp³-hybridized carbons (Fsp3) is 0.0625. The summed E-state index contributed by atoms with van der Waals surface area (Å²) < 4.78 is 1.40. The summed E-state index contributed by atoms with van der Waals surface area (Å²) in [5.41, 5.74) is 6.05. The highest BCUT2D eigenvalue weighted by Crippen LogP contribution is 2.24. The van der Waals surface area contributed by atoms with E-state index in [0.717, 1.165) is 11.8 Å². The van der Waals surface area contributed by atoms with E-state index in [4.69, 9.17) is 5.73 Å². The minimum absolute atomic E-state index is 0.0637. The van der Waals surface area contributed by atoms with E-state index in [1.54, 1.807) is 18.2 Å². The van der Waals surface area contributed by atoms with E-state index < -0.39 is 16.7 Å². The summed E-state index contributed by atoms with van der Waals surface area (Å²) in [6, 6.07) is 12.2. The number of hydrogen-bond donors (Lipinski definition) is 2. The van der Waals surface area contributed by atoms with Crippen LogP contribution in [0, 0.1) is 10.1 Å². The molecule has 1 heterocycles. The van der Waals surface area contributed by atoms with Crippen LogP contribution in [0.15, 0.2) is 53.7 Å². The lowest BCUT2D eigenvalue weighted by atomic mass is 10.2. The molecule has 0 aliphatic carbocycles. The van der Waals surface area contributed by atoms with Crippen LogP contribution in [0.3, 0.4) is 0 Å². The number of hydrogen-bond acceptors (Lipinski definition) is 8. The van der Waals surface area contributed by atoms with Gasteiger partial charge in [-0.15, -0.1) is 5.10 Å². The lowest BCUT2D eigenvalue weighted by molar-refractivity contribution is -0.383. The standard InChI is InChI=1S/C16H13N7O4S/c17-15(25)10-5-7-11(8-6-10)22-16(19-20-21-22)28-9-14(24)18-12-3-1-2-4-13(12)23(26)27/h1-8H,9H2,(H2,17,25)(H,18,24). The molecule has 0 saturated carbocycles. The van der Waals surface area contributed by atoms with Gasteiger partial charge in [-0.25, -0.2) is 0 Å². The molecule has 0 spiro atoms. The van der Waals surface area contributed by atoms with Crippen LogP contribution in [-0.4, -0.2) is 42.7 Å². The van der Waals surface area contributed by atoms with E-state index >= 15 is 0 Å². The van der Waals surface area contributed by atoms with Gasteiger partial charge >= 0.3 is 0 Å². The van der Waals surface area contributed by atoms with Crippen LogP contribution in [-0.2, 0) is 4.79 Å². The highest BCUT2D eigenvalue weighted by atomic mass is 32.2. The van der Waals surface area contributed by atoms with Gasteiger partial charge in [0.05, 0.1) is 16.4 Å². The quantitative estimate of drug-likeness (QED) is 0.342. The van der Waals surface area contributed by atoms with E-state index in [2.05, 4.69) is 20.8 Å². The highest BCUT2D eigenvalue weighted by Gasteiger charge is 2.16. The maximum atomic E-state index is 12.2. The van der Waals surface area contributed by atoms with Gasteiger partial charge in [0, 0.05) is 11.6 Å². The van der Waals surface area contributed by atoms with Crippen molar-refractivity contribution in [2.45, 2.75) is 5.16 Å². The number of benzene rings is 2. The van der Waals surface area contributed by atoms with Crippen LogP contribution in [0.1, 0.15) is 10.4 Å². The van der Waals surface area contributed by atoms with Crippen LogP contribution < -0.4 is 11.1 Å². The number of nitrogens with two attached hydrogens (primary N) is 1. The summed E-state index contributed by atoms with van der Waals surface area (Å²) in [7, 11) is 0. The van der Waals surface area contributed by atoms with Crippen molar-refractivity contribution in [3.05, 3.63) is 64.2 Å². The van der Waals surface area contributed by atoms with Crippen molar-refractivity contribution in [1.29, 1.82) is 0 Å². The Hall–Kier alpha value is -3.80. The van der Waals surface area contributed by atoms with Crippen molar-refractivity contribution in [2.75, 3.05) is 11.1 Å². The number of nitro benzene ring substituents is 1. The number of nitrogens with zero attached hydrogens (tertiary/aromatic N) is 5. The molecular weight excluding hydrogens is 386 g/mol. The summed E-state index contributed by atoms with van der Waals surface area (Å²) in [5.74, 6) is -1.06. The van der Waals surface area contributed by atoms with Crippen LogP contribution in [0.2, 0.25) is 0 Å². The first-order valence-corrected chi connectivity index (χ1v) is 8.79. The summed E-state index contributed by atoms with van der Waals surface area (Å²) in [5, 5.41) is 25.1. The molecule has 3 N–H and O–H groups in total. The number of thioether (sulfide) groups is 1. The first-order chi connectivity index (χ1) is 13.5. The normalized spacial score (nSPS) is 10.4. The van der Waals surface area contributed by atoms with Gasteiger partial charge in [0.1, 0.15) is 5.69 Å². The largest absolute Gasteiger partial charge is 0.366 e. The van der Waals surface area contributed by atoms with Gasteiger partial charge in [-0.2, -0.15) is 4.68 Å². The zero-order chi connectivity index (χ0) is 20.1. The van der Waals surface area contributed by atoms with E-state index in [1.165, 1.54) is 35.0 Å². The molecule has 11 nitrogen and oxygen atoms in total. The third-order valence-corrected chi connectivity index (χ3v) is 4.46. The predicted octanol–water partition coefficient (Wildman–Crippen LogP) is 1.40. The molecule has 142 valence electrons. The second-order valence-electron chi connectivity index (χ2n) is 5.40. The SMILES string of the molecule is NC(=O)c1ccc(-n2nnnc2SCC(=O)Nc2ccccc2[N+](=O)[O-])cc1. The topological polar surface area (TPSA) is 159 Å². The van der Waals surface area contributed by atoms with Gasteiger partial charge in [-0.05, 0) is 40.8 Å². The molecular formula is C16H13N7O4S. The number of para-hydroxylation sites is 2. The molecule has 0 atom stereocenters. The van der Waals surface area contributed by atoms with Gasteiger partial charge in [-0.3, -0.25) is 19.7 Å². The highest BCUT2D eigenvalue weighted by molar-refractivity contribution is 7.99. The fourth-order valence-electron chi connectivity index (χ4n) is 2.25. The Morgan fingerprint density at radius 3 is 2.57 bits per heavy atom. The monoisotopic (exact) mass is 399 g/mol. The number of aromatic nitrogens is 4. The smallest absolute Gasteiger partial charge is 0.292 e. The number of nitro groups is 1. The van der Waals surface area contributed by atoms with E-state index in [9.17, 15) is 19.7 Å². The van der Waals surface area contributed by atoms with Crippen molar-refractivity contribution in [2.24, 2.45) is 5.73 Å². The predicted molar refractivity (Wildman–Crippen MR) is 100 cm³/mol. The van der Waals surface area contributed by atoms with Crippen molar-refractivity contribution < 1.29 is 14.5 Å². The summed E-state index contributed by atoms with van der Waals surface area (Å²) in [6.45, 7) is 0. The van der Waals surface area contributed by atoms with Gasteiger partial charge in [0.15, 0.2) is 0 Å². The summed E-state index contributed by atoms with van der Waals surface area (Å²) in [6.07, 6.45) is 0. The first kappa shape index (κ1) is 19.0. The lowest BCUT2D eigenvalue weighted by Crippen LogP contribution is -2.15. The number of anilines is 1. The number of tetrazole rings is 1. The molecule has 0 aliphatic heterocycles. The third-order valence-electron chi connectivity index (χ3n) is 3.54. The van der Waals surface area contributed by atoms with Crippen molar-refractivity contribution >= 4 is 35.0 Å². The molecule has 1 aromatic heterocycles. The van der Waals surface area contributed by atoms with E-state index in [1.807, 2.05) is 0 Å². The number of amides is 2. The Balaban J connectivity index is 1.68. The zero-order valence-electron chi connectivity index (χ0n) is 14.2. The number of carbonyl (C=O) groups is 2. The third kappa shape index (κ3) is 4.29. The fourth-order valence-corrected chi connectivity index (χ4v) is 2.94. The maximum absolute atomic E-state index is 12.2. The molecule has 0 radical (unpaired) electrons. The second kappa shape index (κ2) is 8.26. The molecule has 12 heteroatoms. The van der Waals surface area contributed by atoms with Crippen LogP contribution in [0.4, 0.5) is 11.4 Å². The van der Waals surface area contributed by atoms with Crippen molar-refractivity contribution in [3.63, 3.8) is 0 Å². The van der Waals surface area contributed by atoms with Crippen molar-refractivity contribution in [3.8, 4) is 5.69 Å². The minimum Gasteiger partial charge on any atom is -0.366 e. The van der Waals surface area contributed by atoms with Crippen LogP contribution in [0.25, 0.3) is 5.69 Å². The number of rotatable bonds is 7. The molecule has 0 unspecified atom stereocenters. The molecule has 0 bridgehead atoms.